The minimum absolute atomic E-state index is 0.0493. The summed E-state index contributed by atoms with van der Waals surface area (Å²) in [5.41, 5.74) is 3.87. The topological polar surface area (TPSA) is 50.9 Å². The first-order chi connectivity index (χ1) is 9.74. The molecule has 0 spiro atoms. The van der Waals surface area contributed by atoms with Crippen LogP contribution in [0.25, 0.3) is 0 Å². The second kappa shape index (κ2) is 4.78. The molecule has 0 aliphatic heterocycles. The van der Waals surface area contributed by atoms with E-state index in [1.165, 1.54) is 38.3 Å². The van der Waals surface area contributed by atoms with Crippen molar-refractivity contribution in [3.8, 4) is 0 Å². The number of hydrogen-bond donors (Lipinski definition) is 2. The van der Waals surface area contributed by atoms with Gasteiger partial charge in [-0.05, 0) is 73.3 Å². The molecule has 5 rings (SSSR count). The van der Waals surface area contributed by atoms with Gasteiger partial charge in [-0.1, -0.05) is 0 Å². The monoisotopic (exact) mass is 275 g/mol. The Bertz CT molecular complexity index is 476. The van der Waals surface area contributed by atoms with Crippen molar-refractivity contribution in [3.05, 3.63) is 29.8 Å². The molecule has 1 aromatic heterocycles. The lowest BCUT2D eigenvalue weighted by atomic mass is 9.50. The van der Waals surface area contributed by atoms with Crippen molar-refractivity contribution in [1.29, 1.82) is 0 Å². The number of nitrogens with two attached hydrogens (primary N) is 1. The minimum atomic E-state index is -0.272. The van der Waals surface area contributed by atoms with E-state index in [1.807, 2.05) is 0 Å². The lowest BCUT2D eigenvalue weighted by Crippen LogP contribution is -2.50. The van der Waals surface area contributed by atoms with Crippen LogP contribution < -0.4 is 11.3 Å². The Morgan fingerprint density at radius 3 is 2.30 bits per heavy atom. The van der Waals surface area contributed by atoms with E-state index in [0.29, 0.717) is 5.92 Å². The normalized spacial score (nSPS) is 40.0. The van der Waals surface area contributed by atoms with E-state index in [9.17, 15) is 4.39 Å². The number of rotatable bonds is 3. The maximum absolute atomic E-state index is 13.5. The second-order valence-corrected chi connectivity index (χ2v) is 7.09. The molecule has 1 unspecified atom stereocenters. The van der Waals surface area contributed by atoms with Crippen molar-refractivity contribution < 1.29 is 4.39 Å². The molecule has 0 aromatic carbocycles. The second-order valence-electron chi connectivity index (χ2n) is 7.09. The van der Waals surface area contributed by atoms with Crippen LogP contribution in [-0.2, 0) is 0 Å². The summed E-state index contributed by atoms with van der Waals surface area (Å²) < 4.78 is 13.5. The van der Waals surface area contributed by atoms with Crippen molar-refractivity contribution in [3.63, 3.8) is 0 Å². The molecule has 4 heteroatoms. The number of pyridine rings is 1. The minimum Gasteiger partial charge on any atom is -0.271 e. The molecular formula is C16H22FN3. The van der Waals surface area contributed by atoms with Gasteiger partial charge in [0.25, 0.3) is 0 Å². The lowest BCUT2D eigenvalue weighted by molar-refractivity contribution is -0.0526. The van der Waals surface area contributed by atoms with E-state index in [1.54, 1.807) is 12.3 Å². The fraction of sp³-hybridized carbons (Fsp3) is 0.688. The third-order valence-electron chi connectivity index (χ3n) is 5.95. The Kier molecular flexibility index (Phi) is 3.04. The van der Waals surface area contributed by atoms with Crippen LogP contribution in [0.2, 0.25) is 0 Å². The van der Waals surface area contributed by atoms with Gasteiger partial charge in [-0.2, -0.15) is 0 Å². The van der Waals surface area contributed by atoms with E-state index in [0.717, 1.165) is 29.2 Å². The van der Waals surface area contributed by atoms with Crippen molar-refractivity contribution in [2.45, 2.75) is 38.1 Å². The van der Waals surface area contributed by atoms with Gasteiger partial charge in [-0.25, -0.2) is 4.39 Å². The quantitative estimate of drug-likeness (QED) is 0.659. The van der Waals surface area contributed by atoms with Crippen LogP contribution in [0.4, 0.5) is 4.39 Å². The molecule has 0 radical (unpaired) electrons. The van der Waals surface area contributed by atoms with Gasteiger partial charge in [0.2, 0.25) is 0 Å². The summed E-state index contributed by atoms with van der Waals surface area (Å²) in [6.45, 7) is 0. The molecule has 0 amide bonds. The van der Waals surface area contributed by atoms with E-state index < -0.39 is 0 Å². The average Bonchev–Trinajstić information content (AvgIpc) is 2.42. The van der Waals surface area contributed by atoms with E-state index in [-0.39, 0.29) is 11.9 Å². The molecule has 3 nitrogen and oxygen atoms in total. The molecule has 4 fully saturated rings. The van der Waals surface area contributed by atoms with Crippen LogP contribution in [0, 0.1) is 35.4 Å². The van der Waals surface area contributed by atoms with Crippen LogP contribution in [0.15, 0.2) is 18.5 Å². The first-order valence-electron chi connectivity index (χ1n) is 7.81. The molecule has 3 N–H and O–H groups in total. The van der Waals surface area contributed by atoms with Crippen LogP contribution in [-0.4, -0.2) is 4.98 Å². The fourth-order valence-corrected chi connectivity index (χ4v) is 5.54. The van der Waals surface area contributed by atoms with Gasteiger partial charge in [-0.3, -0.25) is 16.3 Å². The maximum Gasteiger partial charge on any atom is 0.141 e. The molecule has 1 atom stereocenters. The van der Waals surface area contributed by atoms with Gasteiger partial charge in [0.05, 0.1) is 12.2 Å². The number of nitrogens with zero attached hydrogens (tertiary/aromatic N) is 1. The first kappa shape index (κ1) is 12.7. The largest absolute Gasteiger partial charge is 0.271 e. The van der Waals surface area contributed by atoms with Gasteiger partial charge in [0, 0.05) is 6.20 Å². The van der Waals surface area contributed by atoms with E-state index >= 15 is 0 Å². The van der Waals surface area contributed by atoms with E-state index in [4.69, 9.17) is 5.84 Å². The lowest BCUT2D eigenvalue weighted by Gasteiger charge is -2.56. The SMILES string of the molecule is NNC(c1cncc(F)c1)C1C2CC3CC(C2)CC1C3. The van der Waals surface area contributed by atoms with Gasteiger partial charge in [0.15, 0.2) is 0 Å². The Morgan fingerprint density at radius 1 is 1.10 bits per heavy atom. The smallest absolute Gasteiger partial charge is 0.141 e. The standard InChI is InChI=1S/C16H22FN3/c17-14-6-13(7-19-8-14)16(20-18)15-11-2-9-1-10(4-11)5-12(15)3-9/h6-12,15-16,20H,1-5,18H2. The molecule has 0 saturated heterocycles. The van der Waals surface area contributed by atoms with Crippen molar-refractivity contribution in [1.82, 2.24) is 10.4 Å². The molecule has 4 bridgehead atoms. The summed E-state index contributed by atoms with van der Waals surface area (Å²) in [5.74, 6) is 9.52. The van der Waals surface area contributed by atoms with Crippen LogP contribution in [0.5, 0.6) is 0 Å². The highest BCUT2D eigenvalue weighted by atomic mass is 19.1. The highest BCUT2D eigenvalue weighted by molar-refractivity contribution is 5.18. The summed E-state index contributed by atoms with van der Waals surface area (Å²) in [6, 6.07) is 1.64. The summed E-state index contributed by atoms with van der Waals surface area (Å²) in [5, 5.41) is 0. The number of hydrogen-bond acceptors (Lipinski definition) is 3. The van der Waals surface area contributed by atoms with Gasteiger partial charge < -0.3 is 0 Å². The van der Waals surface area contributed by atoms with Gasteiger partial charge >= 0.3 is 0 Å². The van der Waals surface area contributed by atoms with Crippen LogP contribution in [0.3, 0.4) is 0 Å². The van der Waals surface area contributed by atoms with Gasteiger partial charge in [-0.15, -0.1) is 0 Å². The fourth-order valence-electron chi connectivity index (χ4n) is 5.54. The summed E-state index contributed by atoms with van der Waals surface area (Å²) >= 11 is 0. The zero-order chi connectivity index (χ0) is 13.7. The predicted octanol–water partition coefficient (Wildman–Crippen LogP) is 2.80. The molecule has 4 saturated carbocycles. The third kappa shape index (κ3) is 1.97. The average molecular weight is 275 g/mol. The summed E-state index contributed by atoms with van der Waals surface area (Å²) in [6.07, 6.45) is 9.85. The molecule has 1 heterocycles. The number of halogens is 1. The molecule has 108 valence electrons. The predicted molar refractivity (Wildman–Crippen MR) is 74.8 cm³/mol. The summed E-state index contributed by atoms with van der Waals surface area (Å²) in [4.78, 5) is 3.99. The Labute approximate surface area is 119 Å². The molecule has 4 aliphatic rings. The van der Waals surface area contributed by atoms with E-state index in [2.05, 4.69) is 10.4 Å². The Morgan fingerprint density at radius 2 is 1.75 bits per heavy atom. The third-order valence-corrected chi connectivity index (χ3v) is 5.95. The Hall–Kier alpha value is -1.00. The van der Waals surface area contributed by atoms with Crippen LogP contribution in [0.1, 0.15) is 43.7 Å². The molecule has 4 aliphatic carbocycles. The van der Waals surface area contributed by atoms with Gasteiger partial charge in [0.1, 0.15) is 5.82 Å². The molecule has 1 aromatic rings. The highest BCUT2D eigenvalue weighted by Gasteiger charge is 2.50. The van der Waals surface area contributed by atoms with Crippen molar-refractivity contribution in [2.24, 2.45) is 35.4 Å². The summed E-state index contributed by atoms with van der Waals surface area (Å²) in [7, 11) is 0. The van der Waals surface area contributed by atoms with Crippen LogP contribution >= 0.6 is 0 Å². The zero-order valence-corrected chi connectivity index (χ0v) is 11.6. The zero-order valence-electron chi connectivity index (χ0n) is 11.6. The number of hydrazine groups is 1. The Balaban J connectivity index is 1.65. The molecular weight excluding hydrogens is 253 g/mol. The highest BCUT2D eigenvalue weighted by Crippen LogP contribution is 2.59. The maximum atomic E-state index is 13.5. The van der Waals surface area contributed by atoms with Crippen molar-refractivity contribution in [2.75, 3.05) is 0 Å². The molecule has 20 heavy (non-hydrogen) atoms. The number of nitrogens with one attached hydrogen (secondary N) is 1. The number of aromatic nitrogens is 1. The first-order valence-corrected chi connectivity index (χ1v) is 7.81. The van der Waals surface area contributed by atoms with Crippen molar-refractivity contribution >= 4 is 0 Å².